The second-order valence-electron chi connectivity index (χ2n) is 6.45. The highest BCUT2D eigenvalue weighted by Crippen LogP contribution is 2.32. The summed E-state index contributed by atoms with van der Waals surface area (Å²) in [5, 5.41) is 0. The topological polar surface area (TPSA) is 46.3 Å². The van der Waals surface area contributed by atoms with E-state index in [-0.39, 0.29) is 12.0 Å². The average Bonchev–Trinajstić information content (AvgIpc) is 2.55. The smallest absolute Gasteiger partial charge is 0.225 e. The fourth-order valence-corrected chi connectivity index (χ4v) is 3.70. The van der Waals surface area contributed by atoms with Gasteiger partial charge in [-0.05, 0) is 44.4 Å². The average molecular weight is 238 g/mol. The van der Waals surface area contributed by atoms with Crippen LogP contribution in [0.3, 0.4) is 0 Å². The van der Waals surface area contributed by atoms with E-state index in [2.05, 4.69) is 25.7 Å². The first kappa shape index (κ1) is 12.9. The molecule has 2 N–H and O–H groups in total. The molecule has 1 aliphatic heterocycles. The van der Waals surface area contributed by atoms with Crippen LogP contribution >= 0.6 is 0 Å². The molecule has 3 nitrogen and oxygen atoms in total. The quantitative estimate of drug-likeness (QED) is 0.759. The molecule has 1 saturated heterocycles. The molecule has 1 aliphatic carbocycles. The monoisotopic (exact) mass is 238 g/mol. The number of amides is 1. The Morgan fingerprint density at radius 3 is 2.29 bits per heavy atom. The SMILES string of the molecule is CC1CC(N)CC(C(=O)N2CC(C)CC2C)C1. The van der Waals surface area contributed by atoms with E-state index >= 15 is 0 Å². The number of nitrogens with two attached hydrogens (primary N) is 1. The van der Waals surface area contributed by atoms with Crippen molar-refractivity contribution in [2.24, 2.45) is 23.5 Å². The number of rotatable bonds is 1. The van der Waals surface area contributed by atoms with Gasteiger partial charge in [0.15, 0.2) is 0 Å². The van der Waals surface area contributed by atoms with E-state index in [0.29, 0.717) is 23.8 Å². The molecule has 0 radical (unpaired) electrons. The third-order valence-electron chi connectivity index (χ3n) is 4.40. The van der Waals surface area contributed by atoms with Crippen molar-refractivity contribution in [2.45, 2.75) is 58.5 Å². The maximum absolute atomic E-state index is 12.5. The number of carbonyl (C=O) groups is 1. The van der Waals surface area contributed by atoms with Gasteiger partial charge in [0, 0.05) is 24.5 Å². The molecular weight excluding hydrogens is 212 g/mol. The number of carbonyl (C=O) groups excluding carboxylic acids is 1. The molecule has 5 atom stereocenters. The van der Waals surface area contributed by atoms with Crippen molar-refractivity contribution in [3.05, 3.63) is 0 Å². The molecule has 98 valence electrons. The normalized spacial score (nSPS) is 42.8. The van der Waals surface area contributed by atoms with Gasteiger partial charge in [-0.3, -0.25) is 4.79 Å². The largest absolute Gasteiger partial charge is 0.339 e. The Morgan fingerprint density at radius 1 is 1.06 bits per heavy atom. The lowest BCUT2D eigenvalue weighted by atomic mass is 9.79. The molecule has 17 heavy (non-hydrogen) atoms. The first-order valence-corrected chi connectivity index (χ1v) is 7.03. The van der Waals surface area contributed by atoms with Crippen LogP contribution in [0.25, 0.3) is 0 Å². The molecule has 1 saturated carbocycles. The highest BCUT2D eigenvalue weighted by Gasteiger charge is 2.36. The van der Waals surface area contributed by atoms with Gasteiger partial charge < -0.3 is 10.6 Å². The van der Waals surface area contributed by atoms with E-state index in [1.807, 2.05) is 0 Å². The highest BCUT2D eigenvalue weighted by molar-refractivity contribution is 5.79. The van der Waals surface area contributed by atoms with Crippen LogP contribution in [0.2, 0.25) is 0 Å². The lowest BCUT2D eigenvalue weighted by Gasteiger charge is -2.34. The predicted molar refractivity (Wildman–Crippen MR) is 69.4 cm³/mol. The van der Waals surface area contributed by atoms with Crippen molar-refractivity contribution in [3.8, 4) is 0 Å². The van der Waals surface area contributed by atoms with Crippen LogP contribution < -0.4 is 5.73 Å². The maximum atomic E-state index is 12.5. The zero-order valence-corrected chi connectivity index (χ0v) is 11.4. The van der Waals surface area contributed by atoms with Crippen molar-refractivity contribution in [2.75, 3.05) is 6.54 Å². The van der Waals surface area contributed by atoms with E-state index < -0.39 is 0 Å². The summed E-state index contributed by atoms with van der Waals surface area (Å²) in [6, 6.07) is 0.647. The Morgan fingerprint density at radius 2 is 1.76 bits per heavy atom. The molecule has 2 fully saturated rings. The molecule has 1 heterocycles. The van der Waals surface area contributed by atoms with Crippen molar-refractivity contribution in [3.63, 3.8) is 0 Å². The summed E-state index contributed by atoms with van der Waals surface area (Å²) in [5.41, 5.74) is 6.04. The molecule has 0 spiro atoms. The number of hydrogen-bond donors (Lipinski definition) is 1. The summed E-state index contributed by atoms with van der Waals surface area (Å²) in [6.07, 6.45) is 4.15. The summed E-state index contributed by atoms with van der Waals surface area (Å²) in [7, 11) is 0. The molecule has 0 aromatic heterocycles. The van der Waals surface area contributed by atoms with Crippen LogP contribution in [0.4, 0.5) is 0 Å². The number of likely N-dealkylation sites (tertiary alicyclic amines) is 1. The Kier molecular flexibility index (Phi) is 3.76. The first-order valence-electron chi connectivity index (χ1n) is 7.03. The van der Waals surface area contributed by atoms with Crippen LogP contribution in [-0.4, -0.2) is 29.4 Å². The fourth-order valence-electron chi connectivity index (χ4n) is 3.70. The summed E-state index contributed by atoms with van der Waals surface area (Å²) in [4.78, 5) is 14.6. The van der Waals surface area contributed by atoms with Crippen molar-refractivity contribution >= 4 is 5.91 Å². The second-order valence-corrected chi connectivity index (χ2v) is 6.45. The van der Waals surface area contributed by atoms with Crippen molar-refractivity contribution in [1.29, 1.82) is 0 Å². The van der Waals surface area contributed by atoms with Gasteiger partial charge in [0.2, 0.25) is 5.91 Å². The summed E-state index contributed by atoms with van der Waals surface area (Å²) >= 11 is 0. The molecule has 2 aliphatic rings. The lowest BCUT2D eigenvalue weighted by Crippen LogP contribution is -2.43. The molecule has 3 heteroatoms. The van der Waals surface area contributed by atoms with E-state index in [0.717, 1.165) is 32.2 Å². The van der Waals surface area contributed by atoms with E-state index in [9.17, 15) is 4.79 Å². The van der Waals surface area contributed by atoms with Crippen LogP contribution in [-0.2, 0) is 4.79 Å². The Hall–Kier alpha value is -0.570. The minimum absolute atomic E-state index is 0.182. The predicted octanol–water partition coefficient (Wildman–Crippen LogP) is 2.01. The molecule has 0 aromatic rings. The zero-order chi connectivity index (χ0) is 12.6. The summed E-state index contributed by atoms with van der Waals surface area (Å²) in [6.45, 7) is 7.57. The molecule has 1 amide bonds. The molecule has 0 bridgehead atoms. The van der Waals surface area contributed by atoms with Gasteiger partial charge in [0.05, 0.1) is 0 Å². The van der Waals surface area contributed by atoms with Gasteiger partial charge in [-0.15, -0.1) is 0 Å². The van der Waals surface area contributed by atoms with Gasteiger partial charge in [0.25, 0.3) is 0 Å². The Labute approximate surface area is 105 Å². The lowest BCUT2D eigenvalue weighted by molar-refractivity contribution is -0.137. The van der Waals surface area contributed by atoms with Gasteiger partial charge in [0.1, 0.15) is 0 Å². The molecule has 5 unspecified atom stereocenters. The van der Waals surface area contributed by atoms with Crippen molar-refractivity contribution in [1.82, 2.24) is 4.90 Å². The first-order chi connectivity index (χ1) is 7.97. The molecule has 0 aromatic carbocycles. The number of hydrogen-bond acceptors (Lipinski definition) is 2. The van der Waals surface area contributed by atoms with Crippen LogP contribution in [0.15, 0.2) is 0 Å². The van der Waals surface area contributed by atoms with Gasteiger partial charge in [-0.1, -0.05) is 13.8 Å². The standard InChI is InChI=1S/C14H26N2O/c1-9-5-12(7-13(15)6-9)14(17)16-8-10(2)4-11(16)3/h9-13H,4-8,15H2,1-3H3. The Balaban J connectivity index is 1.99. The third kappa shape index (κ3) is 2.82. The third-order valence-corrected chi connectivity index (χ3v) is 4.40. The van der Waals surface area contributed by atoms with E-state index in [1.165, 1.54) is 0 Å². The maximum Gasteiger partial charge on any atom is 0.225 e. The van der Waals surface area contributed by atoms with Gasteiger partial charge in [-0.2, -0.15) is 0 Å². The minimum Gasteiger partial charge on any atom is -0.339 e. The molecular formula is C14H26N2O. The van der Waals surface area contributed by atoms with Crippen LogP contribution in [0.1, 0.15) is 46.5 Å². The summed E-state index contributed by atoms with van der Waals surface area (Å²) in [5.74, 6) is 1.80. The highest BCUT2D eigenvalue weighted by atomic mass is 16.2. The van der Waals surface area contributed by atoms with E-state index in [4.69, 9.17) is 5.73 Å². The molecule has 2 rings (SSSR count). The minimum atomic E-state index is 0.182. The fraction of sp³-hybridized carbons (Fsp3) is 0.929. The zero-order valence-electron chi connectivity index (χ0n) is 11.4. The van der Waals surface area contributed by atoms with E-state index in [1.54, 1.807) is 0 Å². The number of nitrogens with zero attached hydrogens (tertiary/aromatic N) is 1. The van der Waals surface area contributed by atoms with Crippen LogP contribution in [0.5, 0.6) is 0 Å². The van der Waals surface area contributed by atoms with Gasteiger partial charge >= 0.3 is 0 Å². The van der Waals surface area contributed by atoms with Gasteiger partial charge in [-0.25, -0.2) is 0 Å². The van der Waals surface area contributed by atoms with Crippen LogP contribution in [0, 0.1) is 17.8 Å². The second kappa shape index (κ2) is 4.97. The summed E-state index contributed by atoms with van der Waals surface area (Å²) < 4.78 is 0. The Bertz CT molecular complexity index is 282. The van der Waals surface area contributed by atoms with Crippen molar-refractivity contribution < 1.29 is 4.79 Å².